The minimum absolute atomic E-state index is 0.246. The van der Waals surface area contributed by atoms with E-state index in [1.165, 1.54) is 12.1 Å². The predicted octanol–water partition coefficient (Wildman–Crippen LogP) is 4.81. The summed E-state index contributed by atoms with van der Waals surface area (Å²) in [5.74, 6) is 0.0524. The summed E-state index contributed by atoms with van der Waals surface area (Å²) in [6.45, 7) is 4.20. The number of aromatic nitrogens is 2. The van der Waals surface area contributed by atoms with Crippen molar-refractivity contribution < 1.29 is 4.39 Å². The van der Waals surface area contributed by atoms with E-state index in [0.717, 1.165) is 27.8 Å². The molecule has 1 aromatic carbocycles. The molecule has 0 aliphatic rings. The van der Waals surface area contributed by atoms with Gasteiger partial charge in [0.05, 0.1) is 11.4 Å². The largest absolute Gasteiger partial charge is 0.240 e. The van der Waals surface area contributed by atoms with Crippen molar-refractivity contribution in [2.75, 3.05) is 5.33 Å². The molecule has 1 aromatic heterocycles. The molecular formula is C16H16BrFN2. The van der Waals surface area contributed by atoms with E-state index >= 15 is 0 Å². The van der Waals surface area contributed by atoms with E-state index in [0.29, 0.717) is 5.92 Å². The van der Waals surface area contributed by atoms with Crippen molar-refractivity contribution in [3.05, 3.63) is 53.7 Å². The smallest absolute Gasteiger partial charge is 0.123 e. The molecule has 1 heterocycles. The first-order chi connectivity index (χ1) is 9.63. The van der Waals surface area contributed by atoms with Crippen LogP contribution in [0.15, 0.2) is 36.7 Å². The molecule has 0 aliphatic heterocycles. The van der Waals surface area contributed by atoms with Gasteiger partial charge in [0.15, 0.2) is 0 Å². The minimum atomic E-state index is -0.246. The van der Waals surface area contributed by atoms with Crippen LogP contribution in [0.4, 0.5) is 4.39 Å². The van der Waals surface area contributed by atoms with E-state index < -0.39 is 0 Å². The number of alkyl halides is 1. The quantitative estimate of drug-likeness (QED) is 0.749. The van der Waals surface area contributed by atoms with Gasteiger partial charge in [0.2, 0.25) is 0 Å². The summed E-state index contributed by atoms with van der Waals surface area (Å²) < 4.78 is 13.1. The Morgan fingerprint density at radius 3 is 2.50 bits per heavy atom. The Labute approximate surface area is 126 Å². The molecule has 0 saturated carbocycles. The zero-order valence-electron chi connectivity index (χ0n) is 11.5. The fourth-order valence-electron chi connectivity index (χ4n) is 2.03. The highest BCUT2D eigenvalue weighted by atomic mass is 79.9. The SMILES string of the molecule is CC(C)c1ncnc(-c2ccc(F)cc2)c1C=CCBr. The van der Waals surface area contributed by atoms with Gasteiger partial charge >= 0.3 is 0 Å². The van der Waals surface area contributed by atoms with Crippen LogP contribution in [0.3, 0.4) is 0 Å². The number of hydrogen-bond acceptors (Lipinski definition) is 2. The van der Waals surface area contributed by atoms with Gasteiger partial charge < -0.3 is 0 Å². The van der Waals surface area contributed by atoms with E-state index in [1.807, 2.05) is 12.2 Å². The maximum atomic E-state index is 13.1. The number of nitrogens with zero attached hydrogens (tertiary/aromatic N) is 2. The van der Waals surface area contributed by atoms with Crippen molar-refractivity contribution >= 4 is 22.0 Å². The summed E-state index contributed by atoms with van der Waals surface area (Å²) >= 11 is 3.38. The highest BCUT2D eigenvalue weighted by molar-refractivity contribution is 9.09. The van der Waals surface area contributed by atoms with E-state index in [2.05, 4.69) is 39.7 Å². The van der Waals surface area contributed by atoms with Crippen molar-refractivity contribution in [2.45, 2.75) is 19.8 Å². The van der Waals surface area contributed by atoms with Crippen LogP contribution in [0, 0.1) is 5.82 Å². The van der Waals surface area contributed by atoms with Gasteiger partial charge in [0.1, 0.15) is 12.1 Å². The molecular weight excluding hydrogens is 319 g/mol. The van der Waals surface area contributed by atoms with Gasteiger partial charge in [-0.05, 0) is 30.2 Å². The third kappa shape index (κ3) is 3.31. The summed E-state index contributed by atoms with van der Waals surface area (Å²) in [6, 6.07) is 6.38. The Bertz CT molecular complexity index is 606. The van der Waals surface area contributed by atoms with Gasteiger partial charge in [-0.1, -0.05) is 41.9 Å². The van der Waals surface area contributed by atoms with Crippen LogP contribution in [0.5, 0.6) is 0 Å². The molecule has 0 N–H and O–H groups in total. The Balaban J connectivity index is 2.59. The van der Waals surface area contributed by atoms with Gasteiger partial charge in [-0.3, -0.25) is 0 Å². The van der Waals surface area contributed by atoms with Gasteiger partial charge in [-0.25, -0.2) is 14.4 Å². The molecule has 0 aliphatic carbocycles. The molecule has 20 heavy (non-hydrogen) atoms. The van der Waals surface area contributed by atoms with Crippen LogP contribution < -0.4 is 0 Å². The van der Waals surface area contributed by atoms with E-state index in [9.17, 15) is 4.39 Å². The van der Waals surface area contributed by atoms with Crippen LogP contribution in [-0.2, 0) is 0 Å². The molecule has 0 fully saturated rings. The molecule has 2 nitrogen and oxygen atoms in total. The molecule has 0 saturated heterocycles. The topological polar surface area (TPSA) is 25.8 Å². The van der Waals surface area contributed by atoms with Crippen molar-refractivity contribution in [2.24, 2.45) is 0 Å². The molecule has 0 unspecified atom stereocenters. The molecule has 2 aromatic rings. The lowest BCUT2D eigenvalue weighted by molar-refractivity contribution is 0.628. The Hall–Kier alpha value is -1.55. The molecule has 0 spiro atoms. The number of rotatable bonds is 4. The third-order valence-electron chi connectivity index (χ3n) is 2.95. The first-order valence-corrected chi connectivity index (χ1v) is 7.59. The summed E-state index contributed by atoms with van der Waals surface area (Å²) in [7, 11) is 0. The molecule has 2 rings (SSSR count). The fraction of sp³-hybridized carbons (Fsp3) is 0.250. The number of benzene rings is 1. The second-order valence-electron chi connectivity index (χ2n) is 4.74. The van der Waals surface area contributed by atoms with Crippen LogP contribution >= 0.6 is 15.9 Å². The monoisotopic (exact) mass is 334 g/mol. The standard InChI is InChI=1S/C16H16BrFN2/c1-11(2)15-14(4-3-9-17)16(20-10-19-15)12-5-7-13(18)8-6-12/h3-8,10-11H,9H2,1-2H3. The third-order valence-corrected chi connectivity index (χ3v) is 3.33. The lowest BCUT2D eigenvalue weighted by Gasteiger charge is -2.12. The second kappa shape index (κ2) is 6.75. The average molecular weight is 335 g/mol. The van der Waals surface area contributed by atoms with E-state index in [4.69, 9.17) is 0 Å². The number of halogens is 2. The van der Waals surface area contributed by atoms with Gasteiger partial charge in [0, 0.05) is 16.5 Å². The lowest BCUT2D eigenvalue weighted by Crippen LogP contribution is -2.01. The van der Waals surface area contributed by atoms with Crippen molar-refractivity contribution in [3.8, 4) is 11.3 Å². The van der Waals surface area contributed by atoms with E-state index in [-0.39, 0.29) is 5.82 Å². The maximum absolute atomic E-state index is 13.1. The van der Waals surface area contributed by atoms with Crippen LogP contribution in [0.1, 0.15) is 31.0 Å². The highest BCUT2D eigenvalue weighted by Crippen LogP contribution is 2.28. The number of allylic oxidation sites excluding steroid dienone is 1. The van der Waals surface area contributed by atoms with Crippen molar-refractivity contribution in [1.29, 1.82) is 0 Å². The molecule has 0 radical (unpaired) electrons. The van der Waals surface area contributed by atoms with Crippen LogP contribution in [0.25, 0.3) is 17.3 Å². The average Bonchev–Trinajstić information content (AvgIpc) is 2.45. The highest BCUT2D eigenvalue weighted by Gasteiger charge is 2.13. The second-order valence-corrected chi connectivity index (χ2v) is 5.39. The lowest BCUT2D eigenvalue weighted by atomic mass is 9.98. The van der Waals surface area contributed by atoms with Crippen LogP contribution in [-0.4, -0.2) is 15.3 Å². The predicted molar refractivity (Wildman–Crippen MR) is 84.3 cm³/mol. The van der Waals surface area contributed by atoms with Gasteiger partial charge in [0.25, 0.3) is 0 Å². The summed E-state index contributed by atoms with van der Waals surface area (Å²) in [6.07, 6.45) is 5.60. The molecule has 4 heteroatoms. The summed E-state index contributed by atoms with van der Waals surface area (Å²) in [4.78, 5) is 8.76. The normalized spacial score (nSPS) is 11.4. The summed E-state index contributed by atoms with van der Waals surface area (Å²) in [5.41, 5.74) is 3.72. The molecule has 0 atom stereocenters. The summed E-state index contributed by atoms with van der Waals surface area (Å²) in [5, 5.41) is 0.766. The Morgan fingerprint density at radius 2 is 1.90 bits per heavy atom. The zero-order chi connectivity index (χ0) is 14.5. The first-order valence-electron chi connectivity index (χ1n) is 6.46. The van der Waals surface area contributed by atoms with Gasteiger partial charge in [-0.15, -0.1) is 0 Å². The Kier molecular flexibility index (Phi) is 5.01. The van der Waals surface area contributed by atoms with Crippen molar-refractivity contribution in [1.82, 2.24) is 9.97 Å². The van der Waals surface area contributed by atoms with Crippen molar-refractivity contribution in [3.63, 3.8) is 0 Å². The Morgan fingerprint density at radius 1 is 1.20 bits per heavy atom. The maximum Gasteiger partial charge on any atom is 0.123 e. The number of hydrogen-bond donors (Lipinski definition) is 0. The fourth-order valence-corrected chi connectivity index (χ4v) is 2.22. The minimum Gasteiger partial charge on any atom is -0.240 e. The first kappa shape index (κ1) is 14.9. The van der Waals surface area contributed by atoms with Gasteiger partial charge in [-0.2, -0.15) is 0 Å². The molecule has 104 valence electrons. The molecule has 0 amide bonds. The van der Waals surface area contributed by atoms with Crippen LogP contribution in [0.2, 0.25) is 0 Å². The zero-order valence-corrected chi connectivity index (χ0v) is 13.1. The van der Waals surface area contributed by atoms with E-state index in [1.54, 1.807) is 18.5 Å². The molecule has 0 bridgehead atoms.